The van der Waals surface area contributed by atoms with E-state index in [0.717, 1.165) is 53.3 Å². The Balaban J connectivity index is 1.49. The quantitative estimate of drug-likeness (QED) is 0.651. The molecular weight excluding hydrogens is 362 g/mol. The van der Waals surface area contributed by atoms with Gasteiger partial charge in [0.15, 0.2) is 3.95 Å². The lowest BCUT2D eigenvalue weighted by Gasteiger charge is -2.34. The zero-order chi connectivity index (χ0) is 16.5. The third-order valence-corrected chi connectivity index (χ3v) is 5.84. The van der Waals surface area contributed by atoms with E-state index in [9.17, 15) is 0 Å². The number of hydrogen-bond donors (Lipinski definition) is 0. The molecular formula is C16H16ClN5S2. The fourth-order valence-corrected chi connectivity index (χ4v) is 4.37. The summed E-state index contributed by atoms with van der Waals surface area (Å²) in [5.74, 6) is 0.807. The number of fused-ring (bicyclic) bond motifs is 1. The van der Waals surface area contributed by atoms with Crippen molar-refractivity contribution in [1.82, 2.24) is 19.4 Å². The maximum absolute atomic E-state index is 6.15. The molecule has 1 saturated heterocycles. The topological polar surface area (TPSA) is 37.2 Å². The Morgan fingerprint density at radius 3 is 2.62 bits per heavy atom. The van der Waals surface area contributed by atoms with Crippen LogP contribution in [0.2, 0.25) is 5.02 Å². The SMILES string of the molecule is S=c1sc2ccc(Cl)cc2n1CN1CCN(c2ncccn2)CC1. The summed E-state index contributed by atoms with van der Waals surface area (Å²) >= 11 is 13.3. The maximum Gasteiger partial charge on any atom is 0.225 e. The first-order valence-electron chi connectivity index (χ1n) is 7.74. The molecule has 0 radical (unpaired) electrons. The molecule has 0 atom stereocenters. The second-order valence-electron chi connectivity index (χ2n) is 5.70. The number of rotatable bonds is 3. The molecule has 2 aromatic heterocycles. The van der Waals surface area contributed by atoms with E-state index in [-0.39, 0.29) is 0 Å². The molecule has 0 spiro atoms. The Labute approximate surface area is 154 Å². The van der Waals surface area contributed by atoms with Gasteiger partial charge in [-0.2, -0.15) is 0 Å². The van der Waals surface area contributed by atoms with Gasteiger partial charge in [-0.05, 0) is 36.5 Å². The van der Waals surface area contributed by atoms with Crippen LogP contribution in [0.4, 0.5) is 5.95 Å². The predicted octanol–water partition coefficient (Wildman–Crippen LogP) is 3.66. The van der Waals surface area contributed by atoms with E-state index in [1.54, 1.807) is 23.7 Å². The normalized spacial score (nSPS) is 16.0. The van der Waals surface area contributed by atoms with Crippen molar-refractivity contribution in [2.45, 2.75) is 6.67 Å². The van der Waals surface area contributed by atoms with Crippen molar-refractivity contribution in [2.24, 2.45) is 0 Å². The molecule has 3 heterocycles. The van der Waals surface area contributed by atoms with Gasteiger partial charge >= 0.3 is 0 Å². The standard InChI is InChI=1S/C16H16ClN5S2/c17-12-2-3-14-13(10-12)22(16(23)24-14)11-20-6-8-21(9-7-20)15-18-4-1-5-19-15/h1-5,10H,6-9,11H2. The minimum absolute atomic E-state index is 0.745. The minimum atomic E-state index is 0.745. The highest BCUT2D eigenvalue weighted by atomic mass is 35.5. The van der Waals surface area contributed by atoms with Crippen molar-refractivity contribution in [3.05, 3.63) is 45.6 Å². The van der Waals surface area contributed by atoms with Crippen LogP contribution in [0.25, 0.3) is 10.2 Å². The molecule has 124 valence electrons. The van der Waals surface area contributed by atoms with E-state index in [1.807, 2.05) is 24.3 Å². The average molecular weight is 378 g/mol. The smallest absolute Gasteiger partial charge is 0.225 e. The molecule has 24 heavy (non-hydrogen) atoms. The highest BCUT2D eigenvalue weighted by Gasteiger charge is 2.19. The Kier molecular flexibility index (Phi) is 4.49. The molecule has 0 saturated carbocycles. The molecule has 4 rings (SSSR count). The number of piperazine rings is 1. The van der Waals surface area contributed by atoms with Gasteiger partial charge < -0.3 is 9.47 Å². The van der Waals surface area contributed by atoms with Crippen LogP contribution in [-0.4, -0.2) is 45.6 Å². The van der Waals surface area contributed by atoms with Crippen LogP contribution < -0.4 is 4.90 Å². The third kappa shape index (κ3) is 3.17. The average Bonchev–Trinajstić information content (AvgIpc) is 2.92. The number of nitrogens with zero attached hydrogens (tertiary/aromatic N) is 5. The summed E-state index contributed by atoms with van der Waals surface area (Å²) in [5, 5.41) is 0.745. The first-order valence-corrected chi connectivity index (χ1v) is 9.34. The fourth-order valence-electron chi connectivity index (χ4n) is 2.91. The van der Waals surface area contributed by atoms with Crippen LogP contribution in [-0.2, 0) is 6.67 Å². The van der Waals surface area contributed by atoms with Gasteiger partial charge in [0, 0.05) is 43.6 Å². The van der Waals surface area contributed by atoms with E-state index in [4.69, 9.17) is 23.8 Å². The van der Waals surface area contributed by atoms with E-state index >= 15 is 0 Å². The van der Waals surface area contributed by atoms with Crippen LogP contribution in [0.1, 0.15) is 0 Å². The highest BCUT2D eigenvalue weighted by molar-refractivity contribution is 7.73. The van der Waals surface area contributed by atoms with Crippen molar-refractivity contribution >= 4 is 51.3 Å². The minimum Gasteiger partial charge on any atom is -0.338 e. The van der Waals surface area contributed by atoms with Crippen LogP contribution >= 0.6 is 35.2 Å². The molecule has 0 bridgehead atoms. The molecule has 0 N–H and O–H groups in total. The molecule has 3 aromatic rings. The predicted molar refractivity (Wildman–Crippen MR) is 101 cm³/mol. The van der Waals surface area contributed by atoms with Crippen molar-refractivity contribution in [3.8, 4) is 0 Å². The van der Waals surface area contributed by atoms with Gasteiger partial charge in [-0.25, -0.2) is 9.97 Å². The number of benzene rings is 1. The molecule has 8 heteroatoms. The highest BCUT2D eigenvalue weighted by Crippen LogP contribution is 2.26. The second-order valence-corrected chi connectivity index (χ2v) is 7.82. The van der Waals surface area contributed by atoms with Crippen molar-refractivity contribution in [2.75, 3.05) is 31.1 Å². The molecule has 1 aliphatic rings. The summed E-state index contributed by atoms with van der Waals surface area (Å²) in [6.07, 6.45) is 3.57. The Hall–Kier alpha value is -1.54. The van der Waals surface area contributed by atoms with Crippen molar-refractivity contribution in [1.29, 1.82) is 0 Å². The van der Waals surface area contributed by atoms with Gasteiger partial charge in [0.25, 0.3) is 0 Å². The maximum atomic E-state index is 6.15. The molecule has 0 aliphatic carbocycles. The molecule has 1 aliphatic heterocycles. The fraction of sp³-hybridized carbons (Fsp3) is 0.312. The zero-order valence-electron chi connectivity index (χ0n) is 12.9. The van der Waals surface area contributed by atoms with Crippen molar-refractivity contribution in [3.63, 3.8) is 0 Å². The van der Waals surface area contributed by atoms with Crippen LogP contribution in [0.15, 0.2) is 36.7 Å². The molecule has 0 unspecified atom stereocenters. The Morgan fingerprint density at radius 1 is 1.12 bits per heavy atom. The molecule has 0 amide bonds. The number of halogens is 1. The Morgan fingerprint density at radius 2 is 1.88 bits per heavy atom. The van der Waals surface area contributed by atoms with E-state index in [2.05, 4.69) is 24.3 Å². The number of hydrogen-bond acceptors (Lipinski definition) is 6. The van der Waals surface area contributed by atoms with Gasteiger partial charge in [0.2, 0.25) is 5.95 Å². The van der Waals surface area contributed by atoms with Gasteiger partial charge in [0.1, 0.15) is 0 Å². The monoisotopic (exact) mass is 377 g/mol. The van der Waals surface area contributed by atoms with E-state index in [0.29, 0.717) is 0 Å². The summed E-state index contributed by atoms with van der Waals surface area (Å²) in [6, 6.07) is 7.79. The molecule has 1 fully saturated rings. The lowest BCUT2D eigenvalue weighted by molar-refractivity contribution is 0.208. The summed E-state index contributed by atoms with van der Waals surface area (Å²) in [7, 11) is 0. The van der Waals surface area contributed by atoms with E-state index in [1.165, 1.54) is 4.70 Å². The van der Waals surface area contributed by atoms with E-state index < -0.39 is 0 Å². The molecule has 5 nitrogen and oxygen atoms in total. The van der Waals surface area contributed by atoms with Crippen LogP contribution in [0.5, 0.6) is 0 Å². The van der Waals surface area contributed by atoms with Crippen molar-refractivity contribution < 1.29 is 0 Å². The summed E-state index contributed by atoms with van der Waals surface area (Å²) < 4.78 is 4.25. The Bertz CT molecular complexity index is 900. The van der Waals surface area contributed by atoms with Gasteiger partial charge in [-0.3, -0.25) is 4.90 Å². The zero-order valence-corrected chi connectivity index (χ0v) is 15.3. The first kappa shape index (κ1) is 16.0. The van der Waals surface area contributed by atoms with Gasteiger partial charge in [-0.15, -0.1) is 11.3 Å². The number of thiazole rings is 1. The van der Waals surface area contributed by atoms with Crippen LogP contribution in [0.3, 0.4) is 0 Å². The van der Waals surface area contributed by atoms with Gasteiger partial charge in [-0.1, -0.05) is 11.6 Å². The lowest BCUT2D eigenvalue weighted by Crippen LogP contribution is -2.47. The lowest BCUT2D eigenvalue weighted by atomic mass is 10.3. The van der Waals surface area contributed by atoms with Gasteiger partial charge in [0.05, 0.1) is 16.9 Å². The summed E-state index contributed by atoms with van der Waals surface area (Å²) in [6.45, 7) is 4.54. The first-order chi connectivity index (χ1) is 11.7. The number of aromatic nitrogens is 3. The largest absolute Gasteiger partial charge is 0.338 e. The molecule has 1 aromatic carbocycles. The summed E-state index contributed by atoms with van der Waals surface area (Å²) in [5.41, 5.74) is 1.12. The third-order valence-electron chi connectivity index (χ3n) is 4.18. The summed E-state index contributed by atoms with van der Waals surface area (Å²) in [4.78, 5) is 13.3. The number of anilines is 1. The second kappa shape index (κ2) is 6.76. The van der Waals surface area contributed by atoms with Crippen LogP contribution in [0, 0.1) is 3.95 Å².